The molecule has 0 atom stereocenters. The Bertz CT molecular complexity index is 872. The second kappa shape index (κ2) is 11.1. The normalized spacial score (nSPS) is 10.8. The van der Waals surface area contributed by atoms with Crippen molar-refractivity contribution >= 4 is 35.4 Å². The van der Waals surface area contributed by atoms with E-state index in [1.165, 1.54) is 50.6 Å². The fourth-order valence-corrected chi connectivity index (χ4v) is 2.73. The van der Waals surface area contributed by atoms with Gasteiger partial charge in [0.2, 0.25) is 0 Å². The van der Waals surface area contributed by atoms with E-state index in [1.807, 2.05) is 0 Å². The van der Waals surface area contributed by atoms with Gasteiger partial charge < -0.3 is 19.5 Å². The Morgan fingerprint density at radius 1 is 1.10 bits per heavy atom. The van der Waals surface area contributed by atoms with Crippen molar-refractivity contribution in [3.05, 3.63) is 54.1 Å². The van der Waals surface area contributed by atoms with Crippen molar-refractivity contribution in [2.45, 2.75) is 10.7 Å². The summed E-state index contributed by atoms with van der Waals surface area (Å²) in [5.74, 6) is -2.65. The van der Waals surface area contributed by atoms with Crippen LogP contribution in [0.25, 0.3) is 6.08 Å². The van der Waals surface area contributed by atoms with Gasteiger partial charge in [-0.25, -0.2) is 4.79 Å². The Morgan fingerprint density at radius 2 is 1.83 bits per heavy atom. The number of carbonyl (C=O) groups is 2. The van der Waals surface area contributed by atoms with E-state index in [4.69, 9.17) is 14.2 Å². The van der Waals surface area contributed by atoms with Crippen LogP contribution in [0.1, 0.15) is 5.56 Å². The van der Waals surface area contributed by atoms with Gasteiger partial charge in [0.15, 0.2) is 6.61 Å². The zero-order valence-corrected chi connectivity index (χ0v) is 16.5. The lowest BCUT2D eigenvalue weighted by molar-refractivity contribution is -0.142. The molecule has 0 heterocycles. The topological polar surface area (TPSA) is 73.9 Å². The summed E-state index contributed by atoms with van der Waals surface area (Å²) in [6.07, 6.45) is 2.65. The predicted molar refractivity (Wildman–Crippen MR) is 106 cm³/mol. The average Bonchev–Trinajstić information content (AvgIpc) is 2.71. The maximum atomic E-state index is 12.3. The van der Waals surface area contributed by atoms with E-state index in [0.29, 0.717) is 39.4 Å². The summed E-state index contributed by atoms with van der Waals surface area (Å²) >= 11 is 0.409. The number of carbonyl (C=O) groups excluding carboxylic acids is 2. The van der Waals surface area contributed by atoms with E-state index in [9.17, 15) is 18.4 Å². The number of amides is 1. The molecule has 0 fully saturated rings. The van der Waals surface area contributed by atoms with Gasteiger partial charge in [0.25, 0.3) is 11.7 Å². The third-order valence-electron chi connectivity index (χ3n) is 3.54. The molecule has 0 spiro atoms. The molecule has 0 radical (unpaired) electrons. The number of esters is 1. The molecule has 0 saturated heterocycles. The number of halogens is 2. The van der Waals surface area contributed by atoms with Crippen LogP contribution >= 0.6 is 11.8 Å². The summed E-state index contributed by atoms with van der Waals surface area (Å²) in [5, 5.41) is 2.51. The maximum Gasteiger partial charge on any atom is 0.331 e. The van der Waals surface area contributed by atoms with E-state index < -0.39 is 24.2 Å². The highest BCUT2D eigenvalue weighted by Crippen LogP contribution is 2.26. The van der Waals surface area contributed by atoms with E-state index in [2.05, 4.69) is 5.32 Å². The lowest BCUT2D eigenvalue weighted by atomic mass is 10.1. The van der Waals surface area contributed by atoms with Crippen molar-refractivity contribution in [1.29, 1.82) is 0 Å². The molecule has 2 rings (SSSR count). The Morgan fingerprint density at radius 3 is 2.45 bits per heavy atom. The molecular formula is C20H19F2NO5S. The second-order valence-corrected chi connectivity index (χ2v) is 6.56. The molecule has 2 aromatic rings. The number of anilines is 1. The quantitative estimate of drug-likeness (QED) is 0.370. The first-order chi connectivity index (χ1) is 13.9. The van der Waals surface area contributed by atoms with Crippen LogP contribution in [0.3, 0.4) is 0 Å². The van der Waals surface area contributed by atoms with Gasteiger partial charge in [-0.1, -0.05) is 11.8 Å². The third kappa shape index (κ3) is 7.46. The van der Waals surface area contributed by atoms with Crippen LogP contribution in [-0.4, -0.2) is 38.5 Å². The second-order valence-electron chi connectivity index (χ2n) is 5.50. The molecule has 0 aliphatic heterocycles. The molecule has 0 unspecified atom stereocenters. The minimum atomic E-state index is -2.51. The number of ether oxygens (including phenoxy) is 3. The summed E-state index contributed by atoms with van der Waals surface area (Å²) in [6, 6.07) is 11.0. The fourth-order valence-electron chi connectivity index (χ4n) is 2.23. The third-order valence-corrected chi connectivity index (χ3v) is 4.27. The van der Waals surface area contributed by atoms with Gasteiger partial charge in [-0.2, -0.15) is 8.78 Å². The molecule has 0 saturated carbocycles. The number of nitrogens with one attached hydrogen (secondary N) is 1. The van der Waals surface area contributed by atoms with E-state index in [1.54, 1.807) is 18.2 Å². The molecule has 6 nitrogen and oxygen atoms in total. The molecule has 0 aromatic heterocycles. The van der Waals surface area contributed by atoms with Gasteiger partial charge in [-0.3, -0.25) is 4.79 Å². The summed E-state index contributed by atoms with van der Waals surface area (Å²) in [5.41, 5.74) is 1.01. The Kier molecular flexibility index (Phi) is 8.47. The van der Waals surface area contributed by atoms with Gasteiger partial charge in [0, 0.05) is 22.2 Å². The number of thioether (sulfide) groups is 1. The van der Waals surface area contributed by atoms with Gasteiger partial charge in [0.1, 0.15) is 11.5 Å². The standard InChI is InChI=1S/C20H19F2NO5S/c1-26-15-6-9-17(27-2)13(11-15)3-10-19(25)28-12-18(24)23-14-4-7-16(8-5-14)29-20(21)22/h3-11,20H,12H2,1-2H3,(H,23,24)/b10-3+. The van der Waals surface area contributed by atoms with Crippen LogP contribution in [0.15, 0.2) is 53.4 Å². The highest BCUT2D eigenvalue weighted by molar-refractivity contribution is 7.99. The zero-order valence-electron chi connectivity index (χ0n) is 15.7. The largest absolute Gasteiger partial charge is 0.497 e. The SMILES string of the molecule is COc1ccc(OC)c(/C=C/C(=O)OCC(=O)Nc2ccc(SC(F)F)cc2)c1. The number of benzene rings is 2. The van der Waals surface area contributed by atoms with Gasteiger partial charge in [-0.15, -0.1) is 0 Å². The van der Waals surface area contributed by atoms with Crippen molar-refractivity contribution in [2.75, 3.05) is 26.1 Å². The molecule has 0 aliphatic rings. The minimum Gasteiger partial charge on any atom is -0.497 e. The number of alkyl halides is 2. The van der Waals surface area contributed by atoms with Crippen molar-refractivity contribution < 1.29 is 32.6 Å². The molecular weight excluding hydrogens is 404 g/mol. The summed E-state index contributed by atoms with van der Waals surface area (Å²) in [4.78, 5) is 24.1. The van der Waals surface area contributed by atoms with Gasteiger partial charge in [0.05, 0.1) is 14.2 Å². The van der Waals surface area contributed by atoms with E-state index in [-0.39, 0.29) is 0 Å². The number of hydrogen-bond acceptors (Lipinski definition) is 6. The van der Waals surface area contributed by atoms with Crippen LogP contribution in [0.4, 0.5) is 14.5 Å². The monoisotopic (exact) mass is 423 g/mol. The smallest absolute Gasteiger partial charge is 0.331 e. The molecule has 1 amide bonds. The minimum absolute atomic E-state index is 0.377. The highest BCUT2D eigenvalue weighted by atomic mass is 32.2. The summed E-state index contributed by atoms with van der Waals surface area (Å²) in [7, 11) is 3.02. The van der Waals surface area contributed by atoms with Crippen LogP contribution in [-0.2, 0) is 14.3 Å². The highest BCUT2D eigenvalue weighted by Gasteiger charge is 2.08. The molecule has 2 aromatic carbocycles. The van der Waals surface area contributed by atoms with E-state index in [0.717, 1.165) is 0 Å². The fraction of sp³-hybridized carbons (Fsp3) is 0.200. The maximum absolute atomic E-state index is 12.3. The average molecular weight is 423 g/mol. The van der Waals surface area contributed by atoms with Crippen LogP contribution in [0, 0.1) is 0 Å². The number of rotatable bonds is 9. The Labute approximate surface area is 170 Å². The van der Waals surface area contributed by atoms with Crippen LogP contribution in [0.5, 0.6) is 11.5 Å². The number of hydrogen-bond donors (Lipinski definition) is 1. The Hall–Kier alpha value is -3.07. The molecule has 154 valence electrons. The van der Waals surface area contributed by atoms with Crippen molar-refractivity contribution in [2.24, 2.45) is 0 Å². The van der Waals surface area contributed by atoms with Crippen molar-refractivity contribution in [1.82, 2.24) is 0 Å². The lowest BCUT2D eigenvalue weighted by Crippen LogP contribution is -2.20. The predicted octanol–water partition coefficient (Wildman–Crippen LogP) is 4.21. The molecule has 0 bridgehead atoms. The first-order valence-corrected chi connectivity index (χ1v) is 9.21. The summed E-state index contributed by atoms with van der Waals surface area (Å²) in [6.45, 7) is -0.494. The van der Waals surface area contributed by atoms with Crippen molar-refractivity contribution in [3.8, 4) is 11.5 Å². The lowest BCUT2D eigenvalue weighted by Gasteiger charge is -2.07. The molecule has 0 aliphatic carbocycles. The number of methoxy groups -OCH3 is 2. The van der Waals surface area contributed by atoms with E-state index >= 15 is 0 Å². The first-order valence-electron chi connectivity index (χ1n) is 8.33. The zero-order chi connectivity index (χ0) is 21.2. The van der Waals surface area contributed by atoms with Crippen molar-refractivity contribution in [3.63, 3.8) is 0 Å². The molecule has 29 heavy (non-hydrogen) atoms. The molecule has 9 heteroatoms. The molecule has 1 N–H and O–H groups in total. The van der Waals surface area contributed by atoms with Gasteiger partial charge >= 0.3 is 5.97 Å². The van der Waals surface area contributed by atoms with Crippen LogP contribution < -0.4 is 14.8 Å². The first kappa shape index (κ1) is 22.2. The van der Waals surface area contributed by atoms with Gasteiger partial charge in [-0.05, 0) is 48.5 Å². The Balaban J connectivity index is 1.85. The summed E-state index contributed by atoms with van der Waals surface area (Å²) < 4.78 is 39.8. The van der Waals surface area contributed by atoms with Crippen LogP contribution in [0.2, 0.25) is 0 Å².